The van der Waals surface area contributed by atoms with E-state index in [1.54, 1.807) is 19.9 Å². The van der Waals surface area contributed by atoms with Gasteiger partial charge < -0.3 is 39.4 Å². The first-order chi connectivity index (χ1) is 14.6. The van der Waals surface area contributed by atoms with Crippen molar-refractivity contribution in [3.8, 4) is 0 Å². The standard InChI is InChI=1S/C21H32O10/c1-5-7-28-15(24)8-21(4)12(6-2)19(29-10-13(21)11(3)23)31-20-18(27)17(26)16(25)14(9-22)30-20/h6,10,14,16-20,22,25-27H,5,7-9H2,1-4H3/b12-6-/t14?,16?,17?,18?,19-,20?,21-/m0/s1. The molecule has 176 valence electrons. The summed E-state index contributed by atoms with van der Waals surface area (Å²) in [6, 6.07) is 0. The molecule has 2 aliphatic heterocycles. The summed E-state index contributed by atoms with van der Waals surface area (Å²) >= 11 is 0. The molecule has 0 radical (unpaired) electrons. The normalized spacial score (nSPS) is 37.2. The van der Waals surface area contributed by atoms with Crippen LogP contribution in [0.25, 0.3) is 0 Å². The fraction of sp³-hybridized carbons (Fsp3) is 0.714. The zero-order chi connectivity index (χ0) is 23.3. The molecule has 0 spiro atoms. The molecular weight excluding hydrogens is 412 g/mol. The number of carbonyl (C=O) groups is 2. The van der Waals surface area contributed by atoms with Gasteiger partial charge in [-0.1, -0.05) is 19.9 Å². The summed E-state index contributed by atoms with van der Waals surface area (Å²) in [6.07, 6.45) is -5.19. The molecule has 2 heterocycles. The van der Waals surface area contributed by atoms with Crippen molar-refractivity contribution in [3.63, 3.8) is 0 Å². The summed E-state index contributed by atoms with van der Waals surface area (Å²) in [7, 11) is 0. The highest BCUT2D eigenvalue weighted by Crippen LogP contribution is 2.46. The number of aliphatic hydroxyl groups excluding tert-OH is 4. The van der Waals surface area contributed by atoms with Crippen LogP contribution in [0, 0.1) is 5.41 Å². The highest BCUT2D eigenvalue weighted by molar-refractivity contribution is 5.96. The zero-order valence-corrected chi connectivity index (χ0v) is 18.2. The van der Waals surface area contributed by atoms with Crippen molar-refractivity contribution in [3.05, 3.63) is 23.5 Å². The molecule has 0 aromatic carbocycles. The van der Waals surface area contributed by atoms with Crippen molar-refractivity contribution in [2.75, 3.05) is 13.2 Å². The lowest BCUT2D eigenvalue weighted by molar-refractivity contribution is -0.328. The Balaban J connectivity index is 2.31. The summed E-state index contributed by atoms with van der Waals surface area (Å²) in [5.74, 6) is -0.791. The fourth-order valence-corrected chi connectivity index (χ4v) is 3.83. The Morgan fingerprint density at radius 3 is 2.45 bits per heavy atom. The van der Waals surface area contributed by atoms with E-state index in [0.717, 1.165) is 0 Å². The molecule has 7 atom stereocenters. The van der Waals surface area contributed by atoms with Gasteiger partial charge in [0.2, 0.25) is 6.29 Å². The number of carbonyl (C=O) groups excluding carboxylic acids is 2. The first-order valence-corrected chi connectivity index (χ1v) is 10.3. The molecule has 0 saturated carbocycles. The van der Waals surface area contributed by atoms with Crippen molar-refractivity contribution < 1.29 is 49.0 Å². The number of esters is 1. The van der Waals surface area contributed by atoms with Crippen LogP contribution in [0.5, 0.6) is 0 Å². The van der Waals surface area contributed by atoms with E-state index >= 15 is 0 Å². The third kappa shape index (κ3) is 5.33. The molecule has 10 nitrogen and oxygen atoms in total. The number of ketones is 1. The minimum atomic E-state index is -1.63. The van der Waals surface area contributed by atoms with E-state index in [1.807, 2.05) is 6.92 Å². The average molecular weight is 444 g/mol. The molecule has 2 rings (SSSR count). The molecule has 31 heavy (non-hydrogen) atoms. The number of Topliss-reactive ketones (excluding diaryl/α,β-unsaturated/α-hetero) is 1. The van der Waals surface area contributed by atoms with Crippen LogP contribution in [0.2, 0.25) is 0 Å². The number of rotatable bonds is 8. The van der Waals surface area contributed by atoms with E-state index < -0.39 is 55.0 Å². The fourth-order valence-electron chi connectivity index (χ4n) is 3.83. The maximum absolute atomic E-state index is 12.4. The van der Waals surface area contributed by atoms with Gasteiger partial charge in [-0.05, 0) is 20.3 Å². The van der Waals surface area contributed by atoms with Crippen molar-refractivity contribution in [1.82, 2.24) is 0 Å². The van der Waals surface area contributed by atoms with E-state index in [0.29, 0.717) is 12.0 Å². The SMILES string of the molecule is C/C=C1/[C@H](OC2OC(CO)C(O)C(O)C2O)OC=C(C(C)=O)[C@@]1(C)CC(=O)OCCC. The quantitative estimate of drug-likeness (QED) is 0.296. The van der Waals surface area contributed by atoms with Crippen LogP contribution in [0.3, 0.4) is 0 Å². The molecule has 0 aromatic heterocycles. The van der Waals surface area contributed by atoms with Crippen LogP contribution in [-0.4, -0.2) is 82.4 Å². The third-order valence-electron chi connectivity index (χ3n) is 5.56. The molecule has 0 bridgehead atoms. The summed E-state index contributed by atoms with van der Waals surface area (Å²) in [6.45, 7) is 6.24. The van der Waals surface area contributed by atoms with Crippen molar-refractivity contribution in [1.29, 1.82) is 0 Å². The predicted molar refractivity (Wildman–Crippen MR) is 106 cm³/mol. The monoisotopic (exact) mass is 444 g/mol. The maximum Gasteiger partial charge on any atom is 0.307 e. The van der Waals surface area contributed by atoms with Crippen LogP contribution >= 0.6 is 0 Å². The largest absolute Gasteiger partial charge is 0.468 e. The first kappa shape index (κ1) is 25.4. The van der Waals surface area contributed by atoms with E-state index in [9.17, 15) is 30.0 Å². The number of allylic oxidation sites excluding steroid dienone is 2. The van der Waals surface area contributed by atoms with Crippen molar-refractivity contribution in [2.45, 2.75) is 77.5 Å². The topological polar surface area (TPSA) is 152 Å². The highest BCUT2D eigenvalue weighted by atomic mass is 16.8. The molecule has 0 aliphatic carbocycles. The predicted octanol–water partition coefficient (Wildman–Crippen LogP) is -0.0720. The second-order valence-electron chi connectivity index (χ2n) is 7.86. The Kier molecular flexibility index (Phi) is 8.75. The Morgan fingerprint density at radius 1 is 1.23 bits per heavy atom. The van der Waals surface area contributed by atoms with E-state index in [4.69, 9.17) is 18.9 Å². The molecule has 2 aliphatic rings. The van der Waals surface area contributed by atoms with Crippen LogP contribution in [0.1, 0.15) is 40.5 Å². The molecule has 5 unspecified atom stereocenters. The molecular formula is C21H32O10. The van der Waals surface area contributed by atoms with Gasteiger partial charge in [-0.25, -0.2) is 0 Å². The number of aliphatic hydroxyl groups is 4. The Labute approximate surface area is 181 Å². The van der Waals surface area contributed by atoms with Crippen LogP contribution in [0.15, 0.2) is 23.5 Å². The van der Waals surface area contributed by atoms with Gasteiger partial charge in [0.1, 0.15) is 24.4 Å². The maximum atomic E-state index is 12.4. The lowest BCUT2D eigenvalue weighted by Gasteiger charge is -2.44. The van der Waals surface area contributed by atoms with Crippen LogP contribution in [0.4, 0.5) is 0 Å². The van der Waals surface area contributed by atoms with Gasteiger partial charge in [0.25, 0.3) is 0 Å². The van der Waals surface area contributed by atoms with Crippen LogP contribution < -0.4 is 0 Å². The van der Waals surface area contributed by atoms with E-state index in [1.165, 1.54) is 13.2 Å². The Hall–Kier alpha value is -1.82. The third-order valence-corrected chi connectivity index (χ3v) is 5.56. The Bertz CT molecular complexity index is 715. The van der Waals surface area contributed by atoms with Crippen LogP contribution in [-0.2, 0) is 28.5 Å². The van der Waals surface area contributed by atoms with Gasteiger partial charge in [0.05, 0.1) is 25.9 Å². The summed E-state index contributed by atoms with van der Waals surface area (Å²) in [4.78, 5) is 24.7. The number of hydrogen-bond acceptors (Lipinski definition) is 10. The average Bonchev–Trinajstić information content (AvgIpc) is 2.72. The second-order valence-corrected chi connectivity index (χ2v) is 7.86. The van der Waals surface area contributed by atoms with Gasteiger partial charge in [0.15, 0.2) is 12.1 Å². The second kappa shape index (κ2) is 10.7. The molecule has 10 heteroatoms. The van der Waals surface area contributed by atoms with Gasteiger partial charge in [-0.2, -0.15) is 0 Å². The zero-order valence-electron chi connectivity index (χ0n) is 18.2. The molecule has 0 amide bonds. The van der Waals surface area contributed by atoms with E-state index in [-0.39, 0.29) is 24.4 Å². The van der Waals surface area contributed by atoms with Crippen molar-refractivity contribution >= 4 is 11.8 Å². The smallest absolute Gasteiger partial charge is 0.307 e. The summed E-state index contributed by atoms with van der Waals surface area (Å²) in [5.41, 5.74) is -0.434. The van der Waals surface area contributed by atoms with Gasteiger partial charge in [-0.15, -0.1) is 0 Å². The summed E-state index contributed by atoms with van der Waals surface area (Å²) in [5, 5.41) is 39.6. The minimum absolute atomic E-state index is 0.143. The lowest BCUT2D eigenvalue weighted by Crippen LogP contribution is -2.60. The highest BCUT2D eigenvalue weighted by Gasteiger charge is 2.49. The number of ether oxygens (including phenoxy) is 4. The summed E-state index contributed by atoms with van der Waals surface area (Å²) < 4.78 is 21.9. The van der Waals surface area contributed by atoms with E-state index in [2.05, 4.69) is 0 Å². The van der Waals surface area contributed by atoms with Gasteiger partial charge in [-0.3, -0.25) is 9.59 Å². The number of hydrogen-bond donors (Lipinski definition) is 4. The lowest BCUT2D eigenvalue weighted by atomic mass is 9.70. The molecule has 0 aromatic rings. The minimum Gasteiger partial charge on any atom is -0.468 e. The molecule has 1 saturated heterocycles. The Morgan fingerprint density at radius 2 is 1.90 bits per heavy atom. The van der Waals surface area contributed by atoms with Gasteiger partial charge >= 0.3 is 5.97 Å². The molecule has 1 fully saturated rings. The van der Waals surface area contributed by atoms with Crippen molar-refractivity contribution in [2.24, 2.45) is 5.41 Å². The first-order valence-electron chi connectivity index (χ1n) is 10.3. The van der Waals surface area contributed by atoms with Gasteiger partial charge in [0, 0.05) is 16.6 Å². The molecule has 4 N–H and O–H groups in total.